The van der Waals surface area contributed by atoms with Gasteiger partial charge in [-0.15, -0.1) is 0 Å². The van der Waals surface area contributed by atoms with Crippen LogP contribution >= 0.6 is 0 Å². The summed E-state index contributed by atoms with van der Waals surface area (Å²) in [5.41, 5.74) is 7.09. The first-order valence-electron chi connectivity index (χ1n) is 10.9. The average Bonchev–Trinajstić information content (AvgIpc) is 3.35. The van der Waals surface area contributed by atoms with Gasteiger partial charge in [-0.1, -0.05) is 30.3 Å². The smallest absolute Gasteiger partial charge is 0.272 e. The molecule has 0 bridgehead atoms. The minimum Gasteiger partial charge on any atom is -0.493 e. The standard InChI is InChI=1S/C27H23FN4O4/c1-35-23-14-12-18(16-24(23)36-2)26-19(17-32(31-26)20-8-4-3-5-9-20)13-15-25(33)29-30-27(34)21-10-6-7-11-22(21)28/h3-17H,1-2H3,(H,29,33)(H,30,34)/b15-13+. The maximum atomic E-state index is 13.8. The van der Waals surface area contributed by atoms with Crippen LogP contribution in [0.15, 0.2) is 85.1 Å². The Bertz CT molecular complexity index is 1420. The van der Waals surface area contributed by atoms with Crippen LogP contribution in [0, 0.1) is 5.82 Å². The van der Waals surface area contributed by atoms with Gasteiger partial charge in [0.2, 0.25) is 0 Å². The summed E-state index contributed by atoms with van der Waals surface area (Å²) in [4.78, 5) is 24.5. The van der Waals surface area contributed by atoms with Crippen LogP contribution in [-0.4, -0.2) is 35.8 Å². The zero-order valence-corrected chi connectivity index (χ0v) is 19.6. The van der Waals surface area contributed by atoms with E-state index < -0.39 is 17.6 Å². The van der Waals surface area contributed by atoms with E-state index in [1.54, 1.807) is 43.3 Å². The highest BCUT2D eigenvalue weighted by Gasteiger charge is 2.15. The summed E-state index contributed by atoms with van der Waals surface area (Å²) in [6, 6.07) is 20.4. The molecule has 0 unspecified atom stereocenters. The van der Waals surface area contributed by atoms with Gasteiger partial charge in [0.1, 0.15) is 11.5 Å². The second-order valence-electron chi connectivity index (χ2n) is 7.54. The molecule has 36 heavy (non-hydrogen) atoms. The number of benzene rings is 3. The van der Waals surface area contributed by atoms with E-state index >= 15 is 0 Å². The predicted molar refractivity (Wildman–Crippen MR) is 133 cm³/mol. The van der Waals surface area contributed by atoms with Gasteiger partial charge >= 0.3 is 0 Å². The Morgan fingerprint density at radius 1 is 0.917 bits per heavy atom. The summed E-state index contributed by atoms with van der Waals surface area (Å²) in [5, 5.41) is 4.71. The Morgan fingerprint density at radius 3 is 2.36 bits per heavy atom. The first kappa shape index (κ1) is 24.2. The largest absolute Gasteiger partial charge is 0.493 e. The molecule has 1 aromatic heterocycles. The third-order valence-corrected chi connectivity index (χ3v) is 5.25. The van der Waals surface area contributed by atoms with E-state index in [4.69, 9.17) is 14.6 Å². The Hall–Kier alpha value is -4.92. The van der Waals surface area contributed by atoms with Gasteiger partial charge in [-0.05, 0) is 48.5 Å². The van der Waals surface area contributed by atoms with E-state index in [-0.39, 0.29) is 5.56 Å². The van der Waals surface area contributed by atoms with Crippen LogP contribution in [0.1, 0.15) is 15.9 Å². The summed E-state index contributed by atoms with van der Waals surface area (Å²) < 4.78 is 26.2. The SMILES string of the molecule is COc1ccc(-c2nn(-c3ccccc3)cc2/C=C/C(=O)NNC(=O)c2ccccc2F)cc1OC. The minimum atomic E-state index is -0.766. The molecule has 4 rings (SSSR count). The van der Waals surface area contributed by atoms with Crippen LogP contribution in [0.4, 0.5) is 4.39 Å². The van der Waals surface area contributed by atoms with Crippen LogP contribution in [0.25, 0.3) is 23.0 Å². The molecule has 182 valence electrons. The predicted octanol–water partition coefficient (Wildman–Crippen LogP) is 4.17. The quantitative estimate of drug-likeness (QED) is 0.302. The number of halogens is 1. The number of para-hydroxylation sites is 1. The minimum absolute atomic E-state index is 0.179. The number of nitrogens with one attached hydrogen (secondary N) is 2. The lowest BCUT2D eigenvalue weighted by atomic mass is 10.1. The van der Waals surface area contributed by atoms with E-state index in [1.807, 2.05) is 36.4 Å². The number of hydrogen-bond donors (Lipinski definition) is 2. The van der Waals surface area contributed by atoms with Crippen LogP contribution < -0.4 is 20.3 Å². The molecule has 3 aromatic carbocycles. The molecule has 0 radical (unpaired) electrons. The number of ether oxygens (including phenoxy) is 2. The number of carbonyl (C=O) groups excluding carboxylic acids is 2. The molecule has 0 spiro atoms. The van der Waals surface area contributed by atoms with Crippen molar-refractivity contribution in [3.8, 4) is 28.4 Å². The molecule has 9 heteroatoms. The van der Waals surface area contributed by atoms with Gasteiger partial charge in [-0.3, -0.25) is 20.4 Å². The van der Waals surface area contributed by atoms with Crippen molar-refractivity contribution in [2.45, 2.75) is 0 Å². The molecule has 8 nitrogen and oxygen atoms in total. The number of rotatable bonds is 7. The molecular weight excluding hydrogens is 463 g/mol. The average molecular weight is 487 g/mol. The van der Waals surface area contributed by atoms with Crippen molar-refractivity contribution in [1.82, 2.24) is 20.6 Å². The van der Waals surface area contributed by atoms with Crippen molar-refractivity contribution in [1.29, 1.82) is 0 Å². The zero-order chi connectivity index (χ0) is 25.5. The van der Waals surface area contributed by atoms with Gasteiger partial charge in [0, 0.05) is 23.4 Å². The first-order valence-corrected chi connectivity index (χ1v) is 10.9. The molecule has 0 saturated carbocycles. The first-order chi connectivity index (χ1) is 17.5. The van der Waals surface area contributed by atoms with Gasteiger partial charge in [-0.2, -0.15) is 5.10 Å². The summed E-state index contributed by atoms with van der Waals surface area (Å²) in [6.45, 7) is 0. The van der Waals surface area contributed by atoms with E-state index in [0.29, 0.717) is 22.8 Å². The van der Waals surface area contributed by atoms with Gasteiger partial charge in [0.05, 0.1) is 25.5 Å². The second kappa shape index (κ2) is 11.0. The van der Waals surface area contributed by atoms with Crippen molar-refractivity contribution in [3.05, 3.63) is 102 Å². The van der Waals surface area contributed by atoms with E-state index in [9.17, 15) is 14.0 Å². The van der Waals surface area contributed by atoms with E-state index in [2.05, 4.69) is 10.9 Å². The summed E-state index contributed by atoms with van der Waals surface area (Å²) >= 11 is 0. The maximum Gasteiger partial charge on any atom is 0.272 e. The monoisotopic (exact) mass is 486 g/mol. The van der Waals surface area contributed by atoms with Crippen LogP contribution in [-0.2, 0) is 4.79 Å². The molecule has 0 fully saturated rings. The molecular formula is C27H23FN4O4. The zero-order valence-electron chi connectivity index (χ0n) is 19.6. The Labute approximate surface area is 206 Å². The van der Waals surface area contributed by atoms with Crippen LogP contribution in [0.5, 0.6) is 11.5 Å². The fraction of sp³-hybridized carbons (Fsp3) is 0.0741. The normalized spacial score (nSPS) is 10.8. The van der Waals surface area contributed by atoms with Gasteiger partial charge in [-0.25, -0.2) is 9.07 Å². The summed E-state index contributed by atoms with van der Waals surface area (Å²) in [5.74, 6) is -0.950. The highest BCUT2D eigenvalue weighted by Crippen LogP contribution is 2.33. The van der Waals surface area contributed by atoms with E-state index in [0.717, 1.165) is 17.3 Å². The lowest BCUT2D eigenvalue weighted by Crippen LogP contribution is -2.41. The number of aromatic nitrogens is 2. The summed E-state index contributed by atoms with van der Waals surface area (Å²) in [7, 11) is 3.10. The number of carbonyl (C=O) groups is 2. The van der Waals surface area contributed by atoms with Crippen LogP contribution in [0.3, 0.4) is 0 Å². The molecule has 2 N–H and O–H groups in total. The molecule has 0 atom stereocenters. The molecule has 0 saturated heterocycles. The van der Waals surface area contributed by atoms with Crippen molar-refractivity contribution in [2.75, 3.05) is 14.2 Å². The van der Waals surface area contributed by atoms with Gasteiger partial charge < -0.3 is 9.47 Å². The second-order valence-corrected chi connectivity index (χ2v) is 7.54. The van der Waals surface area contributed by atoms with E-state index in [1.165, 1.54) is 24.3 Å². The Morgan fingerprint density at radius 2 is 1.64 bits per heavy atom. The molecule has 1 heterocycles. The van der Waals surface area contributed by atoms with Crippen molar-refractivity contribution in [2.24, 2.45) is 0 Å². The fourth-order valence-corrected chi connectivity index (χ4v) is 3.47. The Kier molecular flexibility index (Phi) is 7.40. The molecule has 0 aliphatic carbocycles. The van der Waals surface area contributed by atoms with Crippen molar-refractivity contribution < 1.29 is 23.5 Å². The lowest BCUT2D eigenvalue weighted by molar-refractivity contribution is -0.117. The van der Waals surface area contributed by atoms with Crippen molar-refractivity contribution >= 4 is 17.9 Å². The molecule has 0 aliphatic rings. The maximum absolute atomic E-state index is 13.8. The summed E-state index contributed by atoms with van der Waals surface area (Å²) in [6.07, 6.45) is 4.60. The molecule has 4 aromatic rings. The van der Waals surface area contributed by atoms with Crippen molar-refractivity contribution in [3.63, 3.8) is 0 Å². The number of hydrogen-bond acceptors (Lipinski definition) is 5. The third-order valence-electron chi connectivity index (χ3n) is 5.25. The lowest BCUT2D eigenvalue weighted by Gasteiger charge is -2.09. The number of methoxy groups -OCH3 is 2. The highest BCUT2D eigenvalue weighted by molar-refractivity contribution is 5.98. The fourth-order valence-electron chi connectivity index (χ4n) is 3.47. The number of nitrogens with zero attached hydrogens (tertiary/aromatic N) is 2. The molecule has 0 aliphatic heterocycles. The Balaban J connectivity index is 1.59. The van der Waals surface area contributed by atoms with Gasteiger partial charge in [0.15, 0.2) is 11.5 Å². The molecule has 2 amide bonds. The topological polar surface area (TPSA) is 94.5 Å². The highest BCUT2D eigenvalue weighted by atomic mass is 19.1. The number of amides is 2. The third kappa shape index (κ3) is 5.41. The number of hydrazine groups is 1. The van der Waals surface area contributed by atoms with Gasteiger partial charge in [0.25, 0.3) is 11.8 Å². The van der Waals surface area contributed by atoms with Crippen LogP contribution in [0.2, 0.25) is 0 Å².